The van der Waals surface area contributed by atoms with E-state index in [-0.39, 0.29) is 59.7 Å². The van der Waals surface area contributed by atoms with Crippen LogP contribution in [0.1, 0.15) is 68.8 Å². The second kappa shape index (κ2) is 19.1. The van der Waals surface area contributed by atoms with E-state index in [0.29, 0.717) is 51.2 Å². The van der Waals surface area contributed by atoms with Gasteiger partial charge in [0.25, 0.3) is 24.1 Å². The number of methoxy groups -OCH3 is 1. The van der Waals surface area contributed by atoms with Gasteiger partial charge in [0.2, 0.25) is 0 Å². The highest BCUT2D eigenvalue weighted by Crippen LogP contribution is 2.31. The number of halogens is 1. The number of nitrogens with two attached hydrogens (primary N) is 2. The van der Waals surface area contributed by atoms with Gasteiger partial charge in [-0.25, -0.2) is 23.9 Å². The average molecular weight is 745 g/mol. The van der Waals surface area contributed by atoms with E-state index in [4.69, 9.17) is 32.6 Å². The van der Waals surface area contributed by atoms with Crippen LogP contribution in [-0.4, -0.2) is 108 Å². The second-order valence-electron chi connectivity index (χ2n) is 12.4. The molecule has 7 N–H and O–H groups in total. The zero-order chi connectivity index (χ0) is 37.8. The van der Waals surface area contributed by atoms with Gasteiger partial charge < -0.3 is 46.7 Å². The molecule has 0 spiro atoms. The summed E-state index contributed by atoms with van der Waals surface area (Å²) in [6, 6.07) is 5.89. The molecule has 0 bridgehead atoms. The van der Waals surface area contributed by atoms with Crippen molar-refractivity contribution in [2.75, 3.05) is 64.5 Å². The number of urea groups is 1. The smallest absolute Gasteiger partial charge is 0.317 e. The van der Waals surface area contributed by atoms with E-state index < -0.39 is 5.91 Å². The lowest BCUT2D eigenvalue weighted by atomic mass is 10.0. The number of benzene rings is 1. The van der Waals surface area contributed by atoms with Crippen molar-refractivity contribution in [3.63, 3.8) is 0 Å². The van der Waals surface area contributed by atoms with Crippen LogP contribution in [0.15, 0.2) is 18.2 Å². The predicted octanol–water partition coefficient (Wildman–Crippen LogP) is 1.62. The largest absolute Gasteiger partial charge is 0.484 e. The summed E-state index contributed by atoms with van der Waals surface area (Å²) < 4.78 is 14.2. The zero-order valence-corrected chi connectivity index (χ0v) is 31.1. The van der Waals surface area contributed by atoms with Crippen LogP contribution in [0.5, 0.6) is 5.75 Å². The summed E-state index contributed by atoms with van der Waals surface area (Å²) in [7, 11) is 1.31. The third kappa shape index (κ3) is 9.91. The summed E-state index contributed by atoms with van der Waals surface area (Å²) in [5.74, 6) is 0.557. The minimum absolute atomic E-state index is 0.0289. The Bertz CT molecular complexity index is 1700. The quantitative estimate of drug-likeness (QED) is 0.133. The number of aromatic nitrogens is 4. The predicted molar refractivity (Wildman–Crippen MR) is 196 cm³/mol. The van der Waals surface area contributed by atoms with Gasteiger partial charge in [-0.15, -0.1) is 0 Å². The summed E-state index contributed by atoms with van der Waals surface area (Å²) in [6.45, 7) is 11.9. The Balaban J connectivity index is 0.00000144. The molecule has 0 aliphatic carbocycles. The zero-order valence-electron chi connectivity index (χ0n) is 30.3. The number of ether oxygens (including phenoxy) is 2. The van der Waals surface area contributed by atoms with Crippen LogP contribution >= 0.6 is 11.6 Å². The van der Waals surface area contributed by atoms with E-state index in [0.717, 1.165) is 49.3 Å². The second-order valence-corrected chi connectivity index (χ2v) is 12.8. The number of hydrogen-bond donors (Lipinski definition) is 5. The van der Waals surface area contributed by atoms with Crippen LogP contribution in [0.2, 0.25) is 5.15 Å². The van der Waals surface area contributed by atoms with Crippen molar-refractivity contribution < 1.29 is 33.2 Å². The molecule has 2 saturated heterocycles. The number of anilines is 2. The van der Waals surface area contributed by atoms with Crippen molar-refractivity contribution in [1.82, 2.24) is 40.3 Å². The normalized spacial score (nSPS) is 15.4. The van der Waals surface area contributed by atoms with Crippen LogP contribution in [-0.2, 0) is 27.4 Å². The molecule has 3 aromatic rings. The van der Waals surface area contributed by atoms with Gasteiger partial charge >= 0.3 is 6.03 Å². The van der Waals surface area contributed by atoms with Crippen LogP contribution in [0.4, 0.5) is 16.4 Å². The number of nitrogens with zero attached hydrogens (tertiary/aromatic N) is 6. The van der Waals surface area contributed by atoms with Gasteiger partial charge in [-0.05, 0) is 45.4 Å². The molecular weight excluding hydrogens is 694 g/mol. The lowest BCUT2D eigenvalue weighted by molar-refractivity contribution is -0.676. The number of piperidine rings is 2. The first-order valence-corrected chi connectivity index (χ1v) is 18.0. The molecule has 4 heterocycles. The van der Waals surface area contributed by atoms with Crippen molar-refractivity contribution in [3.8, 4) is 5.75 Å². The Kier molecular flexibility index (Phi) is 14.6. The molecule has 2 fully saturated rings. The average Bonchev–Trinajstić information content (AvgIpc) is 3.47. The van der Waals surface area contributed by atoms with Gasteiger partial charge in [0.05, 0.1) is 13.7 Å². The van der Waals surface area contributed by atoms with Gasteiger partial charge in [0, 0.05) is 57.7 Å². The van der Waals surface area contributed by atoms with E-state index in [1.54, 1.807) is 0 Å². The maximum absolute atomic E-state index is 13.2. The Morgan fingerprint density at radius 2 is 1.71 bits per heavy atom. The van der Waals surface area contributed by atoms with Gasteiger partial charge in [-0.2, -0.15) is 0 Å². The number of aryl methyl sites for hydroxylation is 1. The molecule has 0 unspecified atom stereocenters. The highest BCUT2D eigenvalue weighted by molar-refractivity contribution is 6.31. The van der Waals surface area contributed by atoms with Crippen molar-refractivity contribution in [2.24, 2.45) is 0 Å². The number of rotatable bonds is 12. The molecule has 284 valence electrons. The minimum atomic E-state index is -0.539. The third-order valence-corrected chi connectivity index (χ3v) is 9.52. The fourth-order valence-corrected chi connectivity index (χ4v) is 6.74. The molecule has 2 aliphatic rings. The first-order valence-electron chi connectivity index (χ1n) is 17.6. The number of carbonyl (C=O) groups is 4. The number of carbonyl (C=O) groups excluding carboxylic acids is 4. The molecule has 5 rings (SSSR count). The van der Waals surface area contributed by atoms with Gasteiger partial charge in [0.1, 0.15) is 18.3 Å². The Hall–Kier alpha value is -4.90. The van der Waals surface area contributed by atoms with Crippen LogP contribution in [0, 0.1) is 0 Å². The summed E-state index contributed by atoms with van der Waals surface area (Å²) in [6.07, 6.45) is 3.28. The molecule has 4 amide bonds. The fraction of sp³-hybridized carbons (Fsp3) is 0.559. The van der Waals surface area contributed by atoms with Gasteiger partial charge in [-0.3, -0.25) is 14.4 Å². The van der Waals surface area contributed by atoms with E-state index in [1.807, 2.05) is 36.9 Å². The molecule has 1 aromatic carbocycles. The van der Waals surface area contributed by atoms with E-state index in [1.165, 1.54) is 7.11 Å². The van der Waals surface area contributed by atoms with Crippen molar-refractivity contribution >= 4 is 58.6 Å². The van der Waals surface area contributed by atoms with Crippen LogP contribution in [0.25, 0.3) is 11.0 Å². The number of likely N-dealkylation sites (tertiary alicyclic amines) is 2. The topological polar surface area (TPSA) is 216 Å². The molecule has 2 aliphatic heterocycles. The Labute approximate surface area is 308 Å². The standard InChI is InChI=1S/C32H46ClN11O4.C2H4O2/c1-4-36-32(47)42-15-11-21(12-16-42)44-24-17-22(48-19-25(45)38-20-9-13-41(5-2)14-10-20)7-8-23(24)43(6-3)26(44)18-37-31(46)27-29(34)40-30(35)28(33)39-27;1-4-2-3/h7-8,17,20-21H,4-6,9-16,18-19H2,1-3H3,(H6-,34,35,36,37,38,40,45,46,47);2H,1H3/p+1. The molecule has 18 heteroatoms. The number of imidazole rings is 1. The molecule has 2 aromatic heterocycles. The summed E-state index contributed by atoms with van der Waals surface area (Å²) in [5, 5.41) is 8.84. The number of fused-ring (bicyclic) bond motifs is 1. The van der Waals surface area contributed by atoms with E-state index >= 15 is 0 Å². The van der Waals surface area contributed by atoms with Crippen LogP contribution in [0.3, 0.4) is 0 Å². The molecule has 0 saturated carbocycles. The first-order chi connectivity index (χ1) is 25.0. The van der Waals surface area contributed by atoms with Crippen molar-refractivity contribution in [1.29, 1.82) is 0 Å². The monoisotopic (exact) mass is 744 g/mol. The lowest BCUT2D eigenvalue weighted by Gasteiger charge is -2.31. The molecular formula is C34H51ClN11O6+. The molecule has 52 heavy (non-hydrogen) atoms. The summed E-state index contributed by atoms with van der Waals surface area (Å²) >= 11 is 6.03. The van der Waals surface area contributed by atoms with Gasteiger partial charge in [-0.1, -0.05) is 18.5 Å². The first kappa shape index (κ1) is 39.9. The maximum atomic E-state index is 13.2. The maximum Gasteiger partial charge on any atom is 0.317 e. The Morgan fingerprint density at radius 3 is 2.33 bits per heavy atom. The number of hydrogen-bond acceptors (Lipinski definition) is 11. The Morgan fingerprint density at radius 1 is 1.02 bits per heavy atom. The summed E-state index contributed by atoms with van der Waals surface area (Å²) in [5.41, 5.74) is 13.4. The molecule has 0 radical (unpaired) electrons. The van der Waals surface area contributed by atoms with E-state index in [2.05, 4.69) is 51.6 Å². The molecule has 17 nitrogen and oxygen atoms in total. The lowest BCUT2D eigenvalue weighted by Crippen LogP contribution is -2.45. The van der Waals surface area contributed by atoms with E-state index in [9.17, 15) is 14.4 Å². The number of nitrogens with one attached hydrogen (secondary N) is 3. The SMILES string of the molecule is CCNC(=O)N1CCC(n2c(CNC(=O)c3nc(Cl)c(N)nc3N)[n+](CC)c3ccc(OCC(=O)NC4CCN(CC)CC4)cc32)CC1.COC=O. The number of nitrogen functional groups attached to an aromatic ring is 2. The minimum Gasteiger partial charge on any atom is -0.484 e. The van der Waals surface area contributed by atoms with Crippen molar-refractivity contribution in [2.45, 2.75) is 71.6 Å². The summed E-state index contributed by atoms with van der Waals surface area (Å²) in [4.78, 5) is 59.7. The van der Waals surface area contributed by atoms with Crippen molar-refractivity contribution in [3.05, 3.63) is 34.9 Å². The highest BCUT2D eigenvalue weighted by atomic mass is 35.5. The van der Waals surface area contributed by atoms with Gasteiger partial charge in [0.15, 0.2) is 40.1 Å². The van der Waals surface area contributed by atoms with Crippen LogP contribution < -0.4 is 36.7 Å². The third-order valence-electron chi connectivity index (χ3n) is 9.24. The highest BCUT2D eigenvalue weighted by Gasteiger charge is 2.34. The number of amides is 4. The molecule has 0 atom stereocenters. The fourth-order valence-electron chi connectivity index (χ4n) is 6.62.